The minimum atomic E-state index is 0.227. The molecular weight excluding hydrogens is 204 g/mol. The van der Waals surface area contributed by atoms with Gasteiger partial charge in [0, 0.05) is 25.0 Å². The lowest BCUT2D eigenvalue weighted by atomic mass is 10.3. The average Bonchev–Trinajstić information content (AvgIpc) is 2.70. The number of nitrogens with zero attached hydrogens (tertiary/aromatic N) is 4. The van der Waals surface area contributed by atoms with E-state index in [1.807, 2.05) is 10.8 Å². The van der Waals surface area contributed by atoms with Gasteiger partial charge in [0.1, 0.15) is 11.6 Å². The number of nitrogens with one attached hydrogen (secondary N) is 1. The van der Waals surface area contributed by atoms with Gasteiger partial charge in [0.05, 0.1) is 18.7 Å². The molecule has 1 unspecified atom stereocenters. The molecule has 0 saturated carbocycles. The second-order valence-corrected chi connectivity index (χ2v) is 3.63. The van der Waals surface area contributed by atoms with Crippen LogP contribution in [0.5, 0.6) is 0 Å². The summed E-state index contributed by atoms with van der Waals surface area (Å²) in [5, 5.41) is 3.22. The van der Waals surface area contributed by atoms with Gasteiger partial charge in [-0.2, -0.15) is 0 Å². The third kappa shape index (κ3) is 2.69. The maximum Gasteiger partial charge on any atom is 0.147 e. The molecule has 6 heteroatoms. The zero-order chi connectivity index (χ0) is 11.4. The number of hydrogen-bond acceptors (Lipinski definition) is 5. The van der Waals surface area contributed by atoms with Crippen LogP contribution in [0.3, 0.4) is 0 Å². The number of nitrogen functional groups attached to an aromatic ring is 1. The van der Waals surface area contributed by atoms with Crippen LogP contribution in [0.1, 0.15) is 6.92 Å². The van der Waals surface area contributed by atoms with Gasteiger partial charge >= 0.3 is 0 Å². The normalized spacial score (nSPS) is 12.3. The van der Waals surface area contributed by atoms with E-state index in [0.29, 0.717) is 11.6 Å². The quantitative estimate of drug-likeness (QED) is 0.791. The van der Waals surface area contributed by atoms with Gasteiger partial charge in [-0.15, -0.1) is 0 Å². The summed E-state index contributed by atoms with van der Waals surface area (Å²) in [5.74, 6) is 1.10. The van der Waals surface area contributed by atoms with E-state index < -0.39 is 0 Å². The van der Waals surface area contributed by atoms with Gasteiger partial charge in [0.25, 0.3) is 0 Å². The molecule has 84 valence electrons. The zero-order valence-electron chi connectivity index (χ0n) is 9.04. The van der Waals surface area contributed by atoms with Crippen LogP contribution in [-0.2, 0) is 6.54 Å². The maximum absolute atomic E-state index is 5.54. The van der Waals surface area contributed by atoms with Crippen LogP contribution in [0, 0.1) is 0 Å². The first-order valence-electron chi connectivity index (χ1n) is 5.04. The Labute approximate surface area is 93.6 Å². The first-order chi connectivity index (χ1) is 7.74. The highest BCUT2D eigenvalue weighted by molar-refractivity contribution is 5.38. The molecule has 2 heterocycles. The first kappa shape index (κ1) is 10.4. The highest BCUT2D eigenvalue weighted by atomic mass is 15.1. The molecule has 0 amide bonds. The lowest BCUT2D eigenvalue weighted by Gasteiger charge is -2.14. The molecule has 0 radical (unpaired) electrons. The van der Waals surface area contributed by atoms with E-state index in [1.54, 1.807) is 18.7 Å². The minimum absolute atomic E-state index is 0.227. The van der Waals surface area contributed by atoms with E-state index >= 15 is 0 Å². The van der Waals surface area contributed by atoms with Gasteiger partial charge < -0.3 is 15.6 Å². The summed E-state index contributed by atoms with van der Waals surface area (Å²) in [5.41, 5.74) is 5.54. The standard InChI is InChI=1S/C10H14N6/c1-8(6-16-3-2-12-7-16)14-10-5-13-4-9(11)15-10/h2-5,7-8H,6H2,1H3,(H3,11,14,15). The Morgan fingerprint density at radius 2 is 2.31 bits per heavy atom. The number of imidazole rings is 1. The van der Waals surface area contributed by atoms with Crippen LogP contribution in [0.15, 0.2) is 31.1 Å². The van der Waals surface area contributed by atoms with Crippen LogP contribution in [0.25, 0.3) is 0 Å². The molecule has 2 aromatic rings. The molecule has 0 aromatic carbocycles. The number of aromatic nitrogens is 4. The van der Waals surface area contributed by atoms with Crippen LogP contribution in [-0.4, -0.2) is 25.6 Å². The van der Waals surface area contributed by atoms with Crippen molar-refractivity contribution in [1.29, 1.82) is 0 Å². The topological polar surface area (TPSA) is 81.7 Å². The maximum atomic E-state index is 5.54. The number of hydrogen-bond donors (Lipinski definition) is 2. The molecule has 3 N–H and O–H groups in total. The van der Waals surface area contributed by atoms with Crippen molar-refractivity contribution >= 4 is 11.6 Å². The van der Waals surface area contributed by atoms with Gasteiger partial charge in [-0.3, -0.25) is 4.98 Å². The van der Waals surface area contributed by atoms with E-state index in [-0.39, 0.29) is 6.04 Å². The molecule has 16 heavy (non-hydrogen) atoms. The van der Waals surface area contributed by atoms with Gasteiger partial charge in [-0.05, 0) is 6.92 Å². The van der Waals surface area contributed by atoms with E-state index in [1.165, 1.54) is 6.20 Å². The SMILES string of the molecule is CC(Cn1ccnc1)Nc1cncc(N)n1. The second-order valence-electron chi connectivity index (χ2n) is 3.63. The van der Waals surface area contributed by atoms with Gasteiger partial charge in [0.2, 0.25) is 0 Å². The largest absolute Gasteiger partial charge is 0.382 e. The van der Waals surface area contributed by atoms with Crippen molar-refractivity contribution in [3.8, 4) is 0 Å². The number of rotatable bonds is 4. The molecule has 2 aromatic heterocycles. The van der Waals surface area contributed by atoms with Crippen LogP contribution in [0.4, 0.5) is 11.6 Å². The Balaban J connectivity index is 1.94. The Morgan fingerprint density at radius 1 is 1.44 bits per heavy atom. The fourth-order valence-corrected chi connectivity index (χ4v) is 1.46. The van der Waals surface area contributed by atoms with Crippen LogP contribution < -0.4 is 11.1 Å². The molecule has 1 atom stereocenters. The smallest absolute Gasteiger partial charge is 0.147 e. The van der Waals surface area contributed by atoms with Gasteiger partial charge in [-0.25, -0.2) is 9.97 Å². The summed E-state index contributed by atoms with van der Waals surface area (Å²) < 4.78 is 2.00. The first-order valence-corrected chi connectivity index (χ1v) is 5.04. The molecule has 0 saturated heterocycles. The predicted molar refractivity (Wildman–Crippen MR) is 61.8 cm³/mol. The fourth-order valence-electron chi connectivity index (χ4n) is 1.46. The molecule has 0 fully saturated rings. The second kappa shape index (κ2) is 4.61. The lowest BCUT2D eigenvalue weighted by Crippen LogP contribution is -2.22. The van der Waals surface area contributed by atoms with Crippen molar-refractivity contribution in [1.82, 2.24) is 19.5 Å². The molecule has 0 aliphatic heterocycles. The zero-order valence-corrected chi connectivity index (χ0v) is 9.04. The van der Waals surface area contributed by atoms with Gasteiger partial charge in [-0.1, -0.05) is 0 Å². The fraction of sp³-hybridized carbons (Fsp3) is 0.300. The molecule has 0 bridgehead atoms. The molecule has 0 aliphatic rings. The lowest BCUT2D eigenvalue weighted by molar-refractivity contribution is 0.617. The summed E-state index contributed by atoms with van der Waals surface area (Å²) in [6, 6.07) is 0.227. The van der Waals surface area contributed by atoms with Crippen molar-refractivity contribution in [3.63, 3.8) is 0 Å². The minimum Gasteiger partial charge on any atom is -0.382 e. The Morgan fingerprint density at radius 3 is 3.00 bits per heavy atom. The summed E-state index contributed by atoms with van der Waals surface area (Å²) in [7, 11) is 0. The Kier molecular flexibility index (Phi) is 3.00. The average molecular weight is 218 g/mol. The highest BCUT2D eigenvalue weighted by Crippen LogP contribution is 2.05. The van der Waals surface area contributed by atoms with E-state index in [2.05, 4.69) is 27.2 Å². The van der Waals surface area contributed by atoms with Crippen molar-refractivity contribution in [2.24, 2.45) is 0 Å². The molecule has 6 nitrogen and oxygen atoms in total. The highest BCUT2D eigenvalue weighted by Gasteiger charge is 2.04. The van der Waals surface area contributed by atoms with Crippen molar-refractivity contribution in [2.75, 3.05) is 11.1 Å². The third-order valence-electron chi connectivity index (χ3n) is 2.09. The number of nitrogens with two attached hydrogens (primary N) is 1. The Bertz CT molecular complexity index is 438. The number of anilines is 2. The monoisotopic (exact) mass is 218 g/mol. The third-order valence-corrected chi connectivity index (χ3v) is 2.09. The van der Waals surface area contributed by atoms with Crippen LogP contribution >= 0.6 is 0 Å². The molecule has 0 spiro atoms. The summed E-state index contributed by atoms with van der Waals surface area (Å²) in [6.45, 7) is 2.88. The molecular formula is C10H14N6. The predicted octanol–water partition coefficient (Wildman–Crippen LogP) is 0.756. The van der Waals surface area contributed by atoms with Gasteiger partial charge in [0.15, 0.2) is 0 Å². The van der Waals surface area contributed by atoms with E-state index in [9.17, 15) is 0 Å². The summed E-state index contributed by atoms with van der Waals surface area (Å²) in [4.78, 5) is 12.1. The summed E-state index contributed by atoms with van der Waals surface area (Å²) in [6.07, 6.45) is 8.63. The van der Waals surface area contributed by atoms with E-state index in [0.717, 1.165) is 6.54 Å². The van der Waals surface area contributed by atoms with Crippen molar-refractivity contribution < 1.29 is 0 Å². The molecule has 2 rings (SSSR count). The Hall–Kier alpha value is -2.11. The van der Waals surface area contributed by atoms with Crippen molar-refractivity contribution in [2.45, 2.75) is 19.5 Å². The van der Waals surface area contributed by atoms with Crippen molar-refractivity contribution in [3.05, 3.63) is 31.1 Å². The van der Waals surface area contributed by atoms with E-state index in [4.69, 9.17) is 5.73 Å². The van der Waals surface area contributed by atoms with Crippen LogP contribution in [0.2, 0.25) is 0 Å². The summed E-state index contributed by atoms with van der Waals surface area (Å²) >= 11 is 0. The molecule has 0 aliphatic carbocycles.